The van der Waals surface area contributed by atoms with Gasteiger partial charge in [0, 0.05) is 26.2 Å². The molecule has 0 spiro atoms. The number of urea groups is 1. The number of carbonyl (C=O) groups is 2. The van der Waals surface area contributed by atoms with Gasteiger partial charge in [0.1, 0.15) is 17.5 Å². The Bertz CT molecular complexity index is 1240. The first-order chi connectivity index (χ1) is 15.7. The number of aromatic nitrogens is 2. The first-order valence-electron chi connectivity index (χ1n) is 11.2. The average molecular weight is 473 g/mol. The Morgan fingerprint density at radius 3 is 2.58 bits per heavy atom. The van der Waals surface area contributed by atoms with E-state index in [2.05, 4.69) is 20.8 Å². The van der Waals surface area contributed by atoms with Gasteiger partial charge in [0.25, 0.3) is 0 Å². The molecule has 3 amide bonds. The van der Waals surface area contributed by atoms with Crippen LogP contribution in [0.4, 0.5) is 10.5 Å². The maximum Gasteiger partial charge on any atom is 0.354 e. The van der Waals surface area contributed by atoms with E-state index in [4.69, 9.17) is 9.88 Å². The Kier molecular flexibility index (Phi) is 5.40. The molecule has 3 N–H and O–H groups in total. The second kappa shape index (κ2) is 8.14. The second-order valence-electron chi connectivity index (χ2n) is 8.95. The number of hydrogen-bond acceptors (Lipinski definition) is 5. The molecule has 2 aromatic rings. The summed E-state index contributed by atoms with van der Waals surface area (Å²) in [6, 6.07) is 1.31. The number of likely N-dealkylation sites (N-methyl/N-ethyl adjacent to an activating group) is 1. The highest BCUT2D eigenvalue weighted by molar-refractivity contribution is 7.91. The fourth-order valence-corrected chi connectivity index (χ4v) is 6.01. The molecule has 2 atom stereocenters. The maximum atomic E-state index is 13.3. The molecule has 5 rings (SSSR count). The van der Waals surface area contributed by atoms with Crippen molar-refractivity contribution >= 4 is 27.5 Å². The molecule has 2 heterocycles. The van der Waals surface area contributed by atoms with Crippen molar-refractivity contribution < 1.29 is 18.5 Å². The Balaban J connectivity index is 1.41. The number of rotatable bonds is 4. The minimum absolute atomic E-state index is 0.0779. The highest BCUT2D eigenvalue weighted by atomic mass is 32.2. The summed E-state index contributed by atoms with van der Waals surface area (Å²) in [4.78, 5) is 26.0. The van der Waals surface area contributed by atoms with Gasteiger partial charge in [-0.25, -0.2) is 18.8 Å². The first-order valence-corrected chi connectivity index (χ1v) is 12.8. The SMILES string of the molecule is CC(=O)N(C)CC1COc2c(S(N)(=O)=NC(=O)Nc3c4c(cc5c3CCC5)CCC4)cnn21. The maximum absolute atomic E-state index is 13.3. The Labute approximate surface area is 192 Å². The molecule has 0 saturated carbocycles. The van der Waals surface area contributed by atoms with Crippen LogP contribution in [-0.4, -0.2) is 51.0 Å². The molecule has 3 aliphatic rings. The molecule has 0 fully saturated rings. The lowest BCUT2D eigenvalue weighted by Gasteiger charge is -2.18. The fourth-order valence-electron chi connectivity index (χ4n) is 5.02. The summed E-state index contributed by atoms with van der Waals surface area (Å²) in [6.07, 6.45) is 7.30. The van der Waals surface area contributed by atoms with Crippen molar-refractivity contribution in [2.24, 2.45) is 9.50 Å². The van der Waals surface area contributed by atoms with Crippen molar-refractivity contribution in [3.63, 3.8) is 0 Å². The van der Waals surface area contributed by atoms with Gasteiger partial charge < -0.3 is 15.0 Å². The Hall–Kier alpha value is -2.92. The lowest BCUT2D eigenvalue weighted by molar-refractivity contribution is -0.128. The number of nitrogens with one attached hydrogen (secondary N) is 1. The monoisotopic (exact) mass is 472 g/mol. The second-order valence-corrected chi connectivity index (χ2v) is 10.7. The smallest absolute Gasteiger partial charge is 0.354 e. The van der Waals surface area contributed by atoms with Crippen LogP contribution in [0.2, 0.25) is 0 Å². The van der Waals surface area contributed by atoms with Crippen LogP contribution in [0.3, 0.4) is 0 Å². The minimum atomic E-state index is -3.58. The number of anilines is 1. The molecule has 0 bridgehead atoms. The molecular formula is C22H28N6O4S. The van der Waals surface area contributed by atoms with Gasteiger partial charge in [-0.05, 0) is 60.8 Å². The number of fused-ring (bicyclic) bond motifs is 3. The van der Waals surface area contributed by atoms with Gasteiger partial charge in [-0.3, -0.25) is 4.79 Å². The minimum Gasteiger partial charge on any atom is -0.475 e. The van der Waals surface area contributed by atoms with Crippen LogP contribution in [0.25, 0.3) is 0 Å². The number of benzene rings is 1. The summed E-state index contributed by atoms with van der Waals surface area (Å²) in [5, 5.41) is 13.2. The van der Waals surface area contributed by atoms with E-state index in [-0.39, 0.29) is 29.3 Å². The van der Waals surface area contributed by atoms with Crippen LogP contribution < -0.4 is 15.2 Å². The molecule has 1 aromatic carbocycles. The van der Waals surface area contributed by atoms with Crippen LogP contribution in [0, 0.1) is 0 Å². The number of nitrogens with two attached hydrogens (primary N) is 1. The van der Waals surface area contributed by atoms with E-state index in [0.717, 1.165) is 55.3 Å². The molecule has 0 saturated heterocycles. The first kappa shape index (κ1) is 21.9. The lowest BCUT2D eigenvalue weighted by atomic mass is 9.99. The summed E-state index contributed by atoms with van der Waals surface area (Å²) in [6.45, 7) is 2.13. The molecular weight excluding hydrogens is 444 g/mol. The topological polar surface area (TPSA) is 132 Å². The summed E-state index contributed by atoms with van der Waals surface area (Å²) in [7, 11) is -1.90. The van der Waals surface area contributed by atoms with Crippen LogP contribution in [0.15, 0.2) is 21.5 Å². The molecule has 1 aliphatic heterocycles. The third-order valence-electron chi connectivity index (χ3n) is 6.74. The van der Waals surface area contributed by atoms with E-state index in [9.17, 15) is 13.8 Å². The summed E-state index contributed by atoms with van der Waals surface area (Å²) >= 11 is 0. The number of amides is 3. The Morgan fingerprint density at radius 1 is 1.27 bits per heavy atom. The molecule has 2 unspecified atom stereocenters. The number of hydrogen-bond donors (Lipinski definition) is 2. The van der Waals surface area contributed by atoms with Crippen molar-refractivity contribution in [1.82, 2.24) is 14.7 Å². The van der Waals surface area contributed by atoms with E-state index in [1.165, 1.54) is 24.2 Å². The zero-order valence-electron chi connectivity index (χ0n) is 18.8. The van der Waals surface area contributed by atoms with Crippen molar-refractivity contribution in [1.29, 1.82) is 0 Å². The van der Waals surface area contributed by atoms with E-state index in [1.54, 1.807) is 16.6 Å². The van der Waals surface area contributed by atoms with E-state index in [0.29, 0.717) is 6.54 Å². The largest absolute Gasteiger partial charge is 0.475 e. The van der Waals surface area contributed by atoms with Crippen LogP contribution >= 0.6 is 0 Å². The molecule has 10 nitrogen and oxygen atoms in total. The standard InChI is InChI=1S/C22H28N6O4S/c1-13(29)27(2)11-16-12-32-21-19(10-24-28(16)21)33(23,31)26-22(30)25-20-17-7-3-5-14(17)9-15-6-4-8-18(15)20/h9-10,16H,3-8,11-12H2,1-2H3,(H3,23,25,26,30,31). The molecule has 176 valence electrons. The van der Waals surface area contributed by atoms with Gasteiger partial charge in [0.15, 0.2) is 9.92 Å². The molecule has 2 aliphatic carbocycles. The van der Waals surface area contributed by atoms with Gasteiger partial charge in [0.2, 0.25) is 11.8 Å². The predicted octanol–water partition coefficient (Wildman–Crippen LogP) is 2.21. The number of nitrogens with zero attached hydrogens (tertiary/aromatic N) is 4. The third kappa shape index (κ3) is 3.89. The van der Waals surface area contributed by atoms with Gasteiger partial charge >= 0.3 is 6.03 Å². The zero-order valence-corrected chi connectivity index (χ0v) is 19.6. The van der Waals surface area contributed by atoms with E-state index < -0.39 is 15.9 Å². The Morgan fingerprint density at radius 2 is 1.94 bits per heavy atom. The van der Waals surface area contributed by atoms with E-state index >= 15 is 0 Å². The van der Waals surface area contributed by atoms with Crippen LogP contribution in [0.5, 0.6) is 5.88 Å². The number of aryl methyl sites for hydroxylation is 2. The lowest BCUT2D eigenvalue weighted by Crippen LogP contribution is -2.31. The zero-order chi connectivity index (χ0) is 23.3. The quantitative estimate of drug-likeness (QED) is 0.704. The average Bonchev–Trinajstić information content (AvgIpc) is 3.52. The van der Waals surface area contributed by atoms with Gasteiger partial charge in [-0.15, -0.1) is 4.36 Å². The predicted molar refractivity (Wildman–Crippen MR) is 123 cm³/mol. The molecule has 11 heteroatoms. The fraction of sp³-hybridized carbons (Fsp3) is 0.500. The van der Waals surface area contributed by atoms with Gasteiger partial charge in [0.05, 0.1) is 6.20 Å². The van der Waals surface area contributed by atoms with Gasteiger partial charge in [-0.2, -0.15) is 5.10 Å². The summed E-state index contributed by atoms with van der Waals surface area (Å²) in [5.41, 5.74) is 5.71. The number of ether oxygens (including phenoxy) is 1. The van der Waals surface area contributed by atoms with Crippen molar-refractivity contribution in [3.8, 4) is 5.88 Å². The highest BCUT2D eigenvalue weighted by Crippen LogP contribution is 2.39. The van der Waals surface area contributed by atoms with Crippen LogP contribution in [0.1, 0.15) is 48.1 Å². The molecule has 0 radical (unpaired) electrons. The van der Waals surface area contributed by atoms with Gasteiger partial charge in [-0.1, -0.05) is 6.07 Å². The highest BCUT2D eigenvalue weighted by Gasteiger charge is 2.33. The van der Waals surface area contributed by atoms with E-state index in [1.807, 2.05) is 0 Å². The normalized spacial score (nSPS) is 19.8. The van der Waals surface area contributed by atoms with Crippen molar-refractivity contribution in [3.05, 3.63) is 34.5 Å². The number of carbonyl (C=O) groups excluding carboxylic acids is 2. The van der Waals surface area contributed by atoms with Crippen LogP contribution in [-0.2, 0) is 40.4 Å². The summed E-state index contributed by atoms with van der Waals surface area (Å²) < 4.78 is 24.3. The van der Waals surface area contributed by atoms with Crippen molar-refractivity contribution in [2.75, 3.05) is 25.5 Å². The third-order valence-corrected chi connectivity index (χ3v) is 8.08. The molecule has 33 heavy (non-hydrogen) atoms. The molecule has 1 aromatic heterocycles. The summed E-state index contributed by atoms with van der Waals surface area (Å²) in [5.74, 6) is 0.145. The van der Waals surface area contributed by atoms with Crippen molar-refractivity contribution in [2.45, 2.75) is 56.4 Å².